The van der Waals surface area contributed by atoms with Crippen LogP contribution in [0.4, 0.5) is 0 Å². The van der Waals surface area contributed by atoms with Crippen molar-refractivity contribution < 1.29 is 5.11 Å². The minimum atomic E-state index is 0.239. The zero-order valence-corrected chi connectivity index (χ0v) is 7.57. The number of fused-ring (bicyclic) bond motifs is 1. The van der Waals surface area contributed by atoms with Crippen LogP contribution in [0.15, 0.2) is 18.5 Å². The molecule has 1 N–H and O–H groups in total. The predicted octanol–water partition coefficient (Wildman–Crippen LogP) is 1.95. The molecule has 0 spiro atoms. The van der Waals surface area contributed by atoms with Crippen molar-refractivity contribution in [1.82, 2.24) is 9.97 Å². The van der Waals surface area contributed by atoms with E-state index in [4.69, 9.17) is 0 Å². The molecule has 0 aliphatic heterocycles. The van der Waals surface area contributed by atoms with E-state index in [9.17, 15) is 5.11 Å². The first-order valence-corrected chi connectivity index (χ1v) is 4.10. The van der Waals surface area contributed by atoms with Gasteiger partial charge in [-0.15, -0.1) is 0 Å². The van der Waals surface area contributed by atoms with Gasteiger partial charge in [0.15, 0.2) is 0 Å². The Morgan fingerprint density at radius 3 is 2.62 bits per heavy atom. The average Bonchev–Trinajstić information content (AvgIpc) is 2.15. The van der Waals surface area contributed by atoms with Gasteiger partial charge in [0.05, 0.1) is 5.52 Å². The Kier molecular flexibility index (Phi) is 1.65. The molecule has 13 heavy (non-hydrogen) atoms. The Balaban J connectivity index is 2.94. The molecule has 0 atom stereocenters. The van der Waals surface area contributed by atoms with Crippen LogP contribution < -0.4 is 0 Å². The topological polar surface area (TPSA) is 46.0 Å². The maximum Gasteiger partial charge on any atom is 0.146 e. The molecule has 3 heteroatoms. The second kappa shape index (κ2) is 2.69. The number of aryl methyl sites for hydroxylation is 1. The summed E-state index contributed by atoms with van der Waals surface area (Å²) in [7, 11) is 0. The van der Waals surface area contributed by atoms with Crippen molar-refractivity contribution >= 4 is 11.0 Å². The van der Waals surface area contributed by atoms with Crippen LogP contribution in [-0.4, -0.2) is 15.1 Å². The number of phenols is 1. The molecule has 0 amide bonds. The second-order valence-electron chi connectivity index (χ2n) is 3.09. The van der Waals surface area contributed by atoms with E-state index in [1.807, 2.05) is 19.9 Å². The molecule has 0 radical (unpaired) electrons. The van der Waals surface area contributed by atoms with E-state index >= 15 is 0 Å². The van der Waals surface area contributed by atoms with E-state index in [1.54, 1.807) is 12.4 Å². The van der Waals surface area contributed by atoms with Gasteiger partial charge in [0.2, 0.25) is 0 Å². The highest BCUT2D eigenvalue weighted by Crippen LogP contribution is 2.27. The van der Waals surface area contributed by atoms with E-state index in [1.165, 1.54) is 0 Å². The third-order valence-corrected chi connectivity index (χ3v) is 2.25. The van der Waals surface area contributed by atoms with Crippen LogP contribution in [0.25, 0.3) is 11.0 Å². The lowest BCUT2D eigenvalue weighted by molar-refractivity contribution is 0.475. The molecule has 66 valence electrons. The second-order valence-corrected chi connectivity index (χ2v) is 3.09. The Morgan fingerprint density at radius 1 is 1.15 bits per heavy atom. The number of nitrogens with zero attached hydrogens (tertiary/aromatic N) is 2. The summed E-state index contributed by atoms with van der Waals surface area (Å²) in [5.41, 5.74) is 3.22. The lowest BCUT2D eigenvalue weighted by Crippen LogP contribution is -1.88. The molecule has 0 aliphatic carbocycles. The summed E-state index contributed by atoms with van der Waals surface area (Å²) < 4.78 is 0. The van der Waals surface area contributed by atoms with Gasteiger partial charge in [-0.2, -0.15) is 0 Å². The number of hydrogen-bond acceptors (Lipinski definition) is 3. The van der Waals surface area contributed by atoms with Crippen molar-refractivity contribution in [2.75, 3.05) is 0 Å². The van der Waals surface area contributed by atoms with Crippen LogP contribution in [0.3, 0.4) is 0 Å². The zero-order chi connectivity index (χ0) is 9.42. The highest BCUT2D eigenvalue weighted by Gasteiger charge is 2.07. The fraction of sp³-hybridized carbons (Fsp3) is 0.200. The molecule has 2 aromatic rings. The number of aromatic nitrogens is 2. The smallest absolute Gasteiger partial charge is 0.146 e. The van der Waals surface area contributed by atoms with Gasteiger partial charge in [0, 0.05) is 12.4 Å². The third kappa shape index (κ3) is 1.13. The molecule has 1 aromatic heterocycles. The minimum Gasteiger partial charge on any atom is -0.505 e. The van der Waals surface area contributed by atoms with Crippen molar-refractivity contribution in [3.8, 4) is 5.75 Å². The Bertz CT molecular complexity index is 466. The van der Waals surface area contributed by atoms with Gasteiger partial charge in [-0.05, 0) is 31.0 Å². The molecule has 3 nitrogen and oxygen atoms in total. The highest BCUT2D eigenvalue weighted by molar-refractivity contribution is 5.82. The van der Waals surface area contributed by atoms with Crippen LogP contribution in [0.2, 0.25) is 0 Å². The van der Waals surface area contributed by atoms with Gasteiger partial charge in [-0.1, -0.05) is 0 Å². The van der Waals surface area contributed by atoms with Crippen molar-refractivity contribution in [3.63, 3.8) is 0 Å². The van der Waals surface area contributed by atoms with E-state index in [2.05, 4.69) is 9.97 Å². The lowest BCUT2D eigenvalue weighted by atomic mass is 10.1. The van der Waals surface area contributed by atoms with E-state index in [0.717, 1.165) is 16.6 Å². The highest BCUT2D eigenvalue weighted by atomic mass is 16.3. The molecular weight excluding hydrogens is 164 g/mol. The van der Waals surface area contributed by atoms with Gasteiger partial charge in [0.25, 0.3) is 0 Å². The summed E-state index contributed by atoms with van der Waals surface area (Å²) in [6, 6.07) is 1.93. The number of hydrogen-bond donors (Lipinski definition) is 1. The molecule has 2 rings (SSSR count). The average molecular weight is 174 g/mol. The normalized spacial score (nSPS) is 10.6. The molecule has 1 heterocycles. The standard InChI is InChI=1S/C10H10N2O/c1-6-5-8-9(10(13)7(6)2)12-4-3-11-8/h3-5,13H,1-2H3. The molecular formula is C10H10N2O. The fourth-order valence-corrected chi connectivity index (χ4v) is 1.31. The Morgan fingerprint density at radius 2 is 1.85 bits per heavy atom. The quantitative estimate of drug-likeness (QED) is 0.664. The van der Waals surface area contributed by atoms with E-state index in [-0.39, 0.29) is 5.75 Å². The molecule has 0 saturated carbocycles. The zero-order valence-electron chi connectivity index (χ0n) is 7.57. The van der Waals surface area contributed by atoms with Gasteiger partial charge < -0.3 is 5.11 Å². The first-order chi connectivity index (χ1) is 6.20. The maximum atomic E-state index is 9.74. The predicted molar refractivity (Wildman–Crippen MR) is 50.7 cm³/mol. The van der Waals surface area contributed by atoms with Crippen LogP contribution in [-0.2, 0) is 0 Å². The van der Waals surface area contributed by atoms with Crippen molar-refractivity contribution in [2.45, 2.75) is 13.8 Å². The summed E-state index contributed by atoms with van der Waals surface area (Å²) in [5.74, 6) is 0.239. The van der Waals surface area contributed by atoms with Crippen molar-refractivity contribution in [1.29, 1.82) is 0 Å². The number of benzene rings is 1. The van der Waals surface area contributed by atoms with Crippen LogP contribution in [0.1, 0.15) is 11.1 Å². The fourth-order valence-electron chi connectivity index (χ4n) is 1.31. The summed E-state index contributed by atoms with van der Waals surface area (Å²) in [6.07, 6.45) is 3.20. The number of aromatic hydroxyl groups is 1. The first kappa shape index (κ1) is 7.98. The van der Waals surface area contributed by atoms with Crippen LogP contribution in [0, 0.1) is 13.8 Å². The summed E-state index contributed by atoms with van der Waals surface area (Å²) >= 11 is 0. The monoisotopic (exact) mass is 174 g/mol. The molecule has 0 unspecified atom stereocenters. The van der Waals surface area contributed by atoms with E-state index in [0.29, 0.717) is 5.52 Å². The summed E-state index contributed by atoms with van der Waals surface area (Å²) in [6.45, 7) is 3.82. The molecule has 0 aliphatic rings. The number of phenolic OH excluding ortho intramolecular Hbond substituents is 1. The van der Waals surface area contributed by atoms with Crippen LogP contribution in [0.5, 0.6) is 5.75 Å². The van der Waals surface area contributed by atoms with Gasteiger partial charge in [-0.3, -0.25) is 4.98 Å². The van der Waals surface area contributed by atoms with Crippen molar-refractivity contribution in [2.24, 2.45) is 0 Å². The lowest BCUT2D eigenvalue weighted by Gasteiger charge is -2.05. The van der Waals surface area contributed by atoms with Crippen molar-refractivity contribution in [3.05, 3.63) is 29.6 Å². The summed E-state index contributed by atoms with van der Waals surface area (Å²) in [4.78, 5) is 8.19. The maximum absolute atomic E-state index is 9.74. The molecule has 0 fully saturated rings. The first-order valence-electron chi connectivity index (χ1n) is 4.10. The minimum absolute atomic E-state index is 0.239. The Labute approximate surface area is 76.1 Å². The molecule has 0 bridgehead atoms. The number of rotatable bonds is 0. The molecule has 1 aromatic carbocycles. The van der Waals surface area contributed by atoms with E-state index < -0.39 is 0 Å². The summed E-state index contributed by atoms with van der Waals surface area (Å²) in [5, 5.41) is 9.74. The molecule has 0 saturated heterocycles. The Hall–Kier alpha value is -1.64. The SMILES string of the molecule is Cc1cc2nccnc2c(O)c1C. The van der Waals surface area contributed by atoms with Gasteiger partial charge >= 0.3 is 0 Å². The third-order valence-electron chi connectivity index (χ3n) is 2.25. The van der Waals surface area contributed by atoms with Gasteiger partial charge in [-0.25, -0.2) is 4.98 Å². The van der Waals surface area contributed by atoms with Crippen LogP contribution >= 0.6 is 0 Å². The van der Waals surface area contributed by atoms with Gasteiger partial charge in [0.1, 0.15) is 11.3 Å². The largest absolute Gasteiger partial charge is 0.505 e.